The first-order chi connectivity index (χ1) is 19.2. The molecule has 0 N–H and O–H groups in total. The van der Waals surface area contributed by atoms with Crippen molar-refractivity contribution in [3.8, 4) is 22.5 Å². The molecule has 0 saturated carbocycles. The lowest BCUT2D eigenvalue weighted by atomic mass is 10.0. The van der Waals surface area contributed by atoms with Gasteiger partial charge < -0.3 is 0 Å². The Labute approximate surface area is 228 Å². The number of aryl methyl sites for hydroxylation is 1. The summed E-state index contributed by atoms with van der Waals surface area (Å²) < 4.78 is 1.72. The Kier molecular flexibility index (Phi) is 6.92. The largest absolute Gasteiger partial charge is 0.274 e. The molecule has 1 aliphatic rings. The van der Waals surface area contributed by atoms with Crippen LogP contribution in [0.2, 0.25) is 0 Å². The highest BCUT2D eigenvalue weighted by molar-refractivity contribution is 7.98. The molecule has 0 radical (unpaired) electrons. The van der Waals surface area contributed by atoms with Gasteiger partial charge in [0.05, 0.1) is 16.8 Å². The van der Waals surface area contributed by atoms with Gasteiger partial charge in [-0.05, 0) is 18.6 Å². The molecule has 39 heavy (non-hydrogen) atoms. The number of hydrogen-bond acceptors (Lipinski definition) is 8. The van der Waals surface area contributed by atoms with Gasteiger partial charge in [-0.25, -0.2) is 4.98 Å². The van der Waals surface area contributed by atoms with Crippen molar-refractivity contribution >= 4 is 23.6 Å². The van der Waals surface area contributed by atoms with Crippen LogP contribution in [0.4, 0.5) is 0 Å². The molecule has 9 nitrogen and oxygen atoms in total. The number of nitrogens with zero attached hydrogens (tertiary/aromatic N) is 7. The van der Waals surface area contributed by atoms with Gasteiger partial charge in [-0.15, -0.1) is 15.3 Å². The van der Waals surface area contributed by atoms with Crippen LogP contribution in [0.25, 0.3) is 22.5 Å². The number of amides is 2. The number of benzene rings is 3. The summed E-state index contributed by atoms with van der Waals surface area (Å²) in [7, 11) is 0. The van der Waals surface area contributed by atoms with Crippen LogP contribution in [0.3, 0.4) is 0 Å². The van der Waals surface area contributed by atoms with E-state index in [2.05, 4.69) is 20.5 Å². The maximum Gasteiger partial charge on any atom is 0.261 e. The molecule has 3 heterocycles. The van der Waals surface area contributed by atoms with E-state index in [0.29, 0.717) is 41.5 Å². The zero-order chi connectivity index (χ0) is 26.6. The monoisotopic (exact) mass is 533 g/mol. The van der Waals surface area contributed by atoms with Gasteiger partial charge >= 0.3 is 0 Å². The van der Waals surface area contributed by atoms with Gasteiger partial charge in [-0.2, -0.15) is 0 Å². The number of hydrogen-bond donors (Lipinski definition) is 0. The smallest absolute Gasteiger partial charge is 0.261 e. The molecule has 0 spiro atoms. The summed E-state index contributed by atoms with van der Waals surface area (Å²) in [6.07, 6.45) is 2.44. The summed E-state index contributed by atoms with van der Waals surface area (Å²) in [6, 6.07) is 26.8. The molecule has 192 valence electrons. The zero-order valence-corrected chi connectivity index (χ0v) is 21.7. The summed E-state index contributed by atoms with van der Waals surface area (Å²) in [4.78, 5) is 31.2. The highest BCUT2D eigenvalue weighted by Gasteiger charge is 2.34. The highest BCUT2D eigenvalue weighted by Crippen LogP contribution is 2.30. The molecule has 0 fully saturated rings. The fourth-order valence-electron chi connectivity index (χ4n) is 4.45. The average molecular weight is 534 g/mol. The molecule has 3 aromatic carbocycles. The molecule has 0 atom stereocenters. The van der Waals surface area contributed by atoms with E-state index in [-0.39, 0.29) is 11.8 Å². The second-order valence-corrected chi connectivity index (χ2v) is 9.89. The van der Waals surface area contributed by atoms with Crippen LogP contribution in [0.15, 0.2) is 96.3 Å². The van der Waals surface area contributed by atoms with Crippen LogP contribution in [-0.2, 0) is 12.3 Å². The third-order valence-corrected chi connectivity index (χ3v) is 7.22. The zero-order valence-electron chi connectivity index (χ0n) is 20.8. The maximum atomic E-state index is 12.5. The van der Waals surface area contributed by atoms with Crippen LogP contribution in [0.5, 0.6) is 0 Å². The van der Waals surface area contributed by atoms with Crippen molar-refractivity contribution in [3.05, 3.63) is 108 Å². The van der Waals surface area contributed by atoms with Crippen molar-refractivity contribution in [2.45, 2.75) is 23.9 Å². The Hall–Kier alpha value is -4.70. The van der Waals surface area contributed by atoms with Crippen LogP contribution in [0, 0.1) is 0 Å². The van der Waals surface area contributed by atoms with Crippen LogP contribution in [-0.4, -0.2) is 53.4 Å². The van der Waals surface area contributed by atoms with Crippen LogP contribution < -0.4 is 0 Å². The van der Waals surface area contributed by atoms with Crippen molar-refractivity contribution < 1.29 is 9.59 Å². The summed E-state index contributed by atoms with van der Waals surface area (Å²) in [5, 5.41) is 17.9. The molecule has 0 saturated heterocycles. The minimum absolute atomic E-state index is 0.243. The minimum Gasteiger partial charge on any atom is -0.274 e. The standard InChI is InChI=1S/C29H23N7O2S/c37-27-23-14-7-8-15-24(23)28(38)36(27)17-9-16-35-18-22(31-34-35)19-39-29-30-25(20-10-3-1-4-11-20)26(32-33-29)21-12-5-2-6-13-21/h1-8,10-15,18H,9,16-17,19H2. The predicted octanol–water partition coefficient (Wildman–Crippen LogP) is 4.78. The Morgan fingerprint density at radius 3 is 1.95 bits per heavy atom. The van der Waals surface area contributed by atoms with E-state index in [1.54, 1.807) is 28.9 Å². The minimum atomic E-state index is -0.243. The molecule has 6 rings (SSSR count). The molecule has 0 aliphatic carbocycles. The Balaban J connectivity index is 1.09. The SMILES string of the molecule is O=C1c2ccccc2C(=O)N1CCCn1cc(CSc2nnc(-c3ccccc3)c(-c3ccccc3)n2)nn1. The van der Waals surface area contributed by atoms with Gasteiger partial charge in [-0.1, -0.05) is 89.8 Å². The van der Waals surface area contributed by atoms with Crippen molar-refractivity contribution in [1.82, 2.24) is 35.1 Å². The molecule has 1 aliphatic heterocycles. The quantitative estimate of drug-likeness (QED) is 0.197. The third kappa shape index (κ3) is 5.19. The van der Waals surface area contributed by atoms with Crippen molar-refractivity contribution in [2.24, 2.45) is 0 Å². The molecule has 0 unspecified atom stereocenters. The maximum absolute atomic E-state index is 12.5. The van der Waals surface area contributed by atoms with E-state index < -0.39 is 0 Å². The van der Waals surface area contributed by atoms with Crippen molar-refractivity contribution in [2.75, 3.05) is 6.54 Å². The third-order valence-electron chi connectivity index (χ3n) is 6.34. The van der Waals surface area contributed by atoms with E-state index in [0.717, 1.165) is 28.2 Å². The van der Waals surface area contributed by atoms with Crippen LogP contribution in [0.1, 0.15) is 32.8 Å². The first-order valence-electron chi connectivity index (χ1n) is 12.5. The molecule has 2 amide bonds. The molecule has 2 aromatic heterocycles. The van der Waals surface area contributed by atoms with Crippen LogP contribution >= 0.6 is 11.8 Å². The first-order valence-corrected chi connectivity index (χ1v) is 13.5. The van der Waals surface area contributed by atoms with E-state index >= 15 is 0 Å². The lowest BCUT2D eigenvalue weighted by Gasteiger charge is -2.13. The van der Waals surface area contributed by atoms with E-state index in [1.165, 1.54) is 16.7 Å². The van der Waals surface area contributed by atoms with E-state index in [4.69, 9.17) is 4.98 Å². The van der Waals surface area contributed by atoms with Gasteiger partial charge in [0.15, 0.2) is 0 Å². The molecule has 0 bridgehead atoms. The number of aromatic nitrogens is 6. The van der Waals surface area contributed by atoms with E-state index in [9.17, 15) is 9.59 Å². The van der Waals surface area contributed by atoms with Crippen molar-refractivity contribution in [3.63, 3.8) is 0 Å². The fraction of sp³-hybridized carbons (Fsp3) is 0.138. The number of imide groups is 1. The molecule has 10 heteroatoms. The molecular formula is C29H23N7O2S. The van der Waals surface area contributed by atoms with Gasteiger partial charge in [-0.3, -0.25) is 19.2 Å². The highest BCUT2D eigenvalue weighted by atomic mass is 32.2. The Morgan fingerprint density at radius 1 is 0.667 bits per heavy atom. The Morgan fingerprint density at radius 2 is 1.28 bits per heavy atom. The van der Waals surface area contributed by atoms with Gasteiger partial charge in [0.25, 0.3) is 11.8 Å². The predicted molar refractivity (Wildman–Crippen MR) is 147 cm³/mol. The summed E-state index contributed by atoms with van der Waals surface area (Å²) >= 11 is 1.44. The van der Waals surface area contributed by atoms with Gasteiger partial charge in [0.2, 0.25) is 5.16 Å². The second kappa shape index (κ2) is 11.0. The molecular weight excluding hydrogens is 510 g/mol. The number of carbonyl (C=O) groups is 2. The number of fused-ring (bicyclic) bond motifs is 1. The van der Waals surface area contributed by atoms with Gasteiger partial charge in [0, 0.05) is 36.2 Å². The summed E-state index contributed by atoms with van der Waals surface area (Å²) in [5.41, 5.74) is 5.14. The van der Waals surface area contributed by atoms with E-state index in [1.807, 2.05) is 66.9 Å². The fourth-order valence-corrected chi connectivity index (χ4v) is 5.11. The number of carbonyl (C=O) groups excluding carboxylic acids is 2. The first kappa shape index (κ1) is 24.6. The molecule has 5 aromatic rings. The normalized spacial score (nSPS) is 12.7. The summed E-state index contributed by atoms with van der Waals surface area (Å²) in [5.74, 6) is 0.0417. The second-order valence-electron chi connectivity index (χ2n) is 8.95. The van der Waals surface area contributed by atoms with Crippen molar-refractivity contribution in [1.29, 1.82) is 0 Å². The summed E-state index contributed by atoms with van der Waals surface area (Å²) in [6.45, 7) is 0.860. The lowest BCUT2D eigenvalue weighted by molar-refractivity contribution is 0.0650. The van der Waals surface area contributed by atoms with Gasteiger partial charge in [0.1, 0.15) is 11.4 Å². The number of thioether (sulfide) groups is 1. The average Bonchev–Trinajstić information content (AvgIpc) is 3.55. The topological polar surface area (TPSA) is 107 Å². The lowest BCUT2D eigenvalue weighted by Crippen LogP contribution is -2.31. The Bertz CT molecular complexity index is 1610. The number of rotatable bonds is 9.